The van der Waals surface area contributed by atoms with Crippen molar-refractivity contribution in [2.75, 3.05) is 0 Å². The van der Waals surface area contributed by atoms with E-state index >= 15 is 0 Å². The fraction of sp³-hybridized carbons (Fsp3) is 0. The molecule has 1 nitrogen and oxygen atoms in total. The number of thiophene rings is 2. The van der Waals surface area contributed by atoms with Gasteiger partial charge >= 0.3 is 0 Å². The van der Waals surface area contributed by atoms with Gasteiger partial charge in [0.1, 0.15) is 0 Å². The molecule has 12 aromatic carbocycles. The van der Waals surface area contributed by atoms with Gasteiger partial charge in [0.05, 0.1) is 11.0 Å². The van der Waals surface area contributed by atoms with E-state index in [0.29, 0.717) is 0 Å². The van der Waals surface area contributed by atoms with Gasteiger partial charge in [-0.15, -0.1) is 22.7 Å². The molecule has 0 spiro atoms. The van der Waals surface area contributed by atoms with Gasteiger partial charge in [0.2, 0.25) is 0 Å². The van der Waals surface area contributed by atoms with E-state index in [9.17, 15) is 0 Å². The summed E-state index contributed by atoms with van der Waals surface area (Å²) in [5, 5.41) is 12.8. The SMILES string of the molecule is c1ccc(-c2c3ccccc3c(-c3ccccc3)c3cc(-c4ccc(-n5c6cc(-c7cccc8c7sc7ccccc78)ccc6c6ccc(-c7cccc8c7sc7ccccc78)cc65)cc4)ccc23)cc1. The molecule has 0 radical (unpaired) electrons. The molecule has 0 N–H and O–H groups in total. The topological polar surface area (TPSA) is 4.93 Å². The number of rotatable bonds is 6. The number of fused-ring (bicyclic) bond motifs is 11. The van der Waals surface area contributed by atoms with Gasteiger partial charge in [-0.05, 0) is 120 Å². The third-order valence-electron chi connectivity index (χ3n) is 14.8. The van der Waals surface area contributed by atoms with Crippen molar-refractivity contribution in [3.63, 3.8) is 0 Å². The van der Waals surface area contributed by atoms with Crippen molar-refractivity contribution >= 4 is 106 Å². The van der Waals surface area contributed by atoms with Crippen LogP contribution < -0.4 is 0 Å². The summed E-state index contributed by atoms with van der Waals surface area (Å²) < 4.78 is 7.80. The maximum atomic E-state index is 2.50. The average molecular weight is 936 g/mol. The molecule has 0 aliphatic carbocycles. The van der Waals surface area contributed by atoms with Crippen LogP contribution in [0.15, 0.2) is 249 Å². The Morgan fingerprint density at radius 1 is 0.239 bits per heavy atom. The molecule has 3 heteroatoms. The van der Waals surface area contributed by atoms with E-state index in [4.69, 9.17) is 0 Å². The van der Waals surface area contributed by atoms with Crippen molar-refractivity contribution in [3.05, 3.63) is 249 Å². The molecule has 3 heterocycles. The molecule has 71 heavy (non-hydrogen) atoms. The first kappa shape index (κ1) is 40.3. The van der Waals surface area contributed by atoms with E-state index in [1.807, 2.05) is 22.7 Å². The number of benzene rings is 12. The second-order valence-electron chi connectivity index (χ2n) is 18.7. The van der Waals surface area contributed by atoms with Crippen LogP contribution in [0.2, 0.25) is 0 Å². The van der Waals surface area contributed by atoms with Crippen LogP contribution in [0.25, 0.3) is 145 Å². The zero-order valence-corrected chi connectivity index (χ0v) is 40.1. The summed E-state index contributed by atoms with van der Waals surface area (Å²) in [7, 11) is 0. The molecular weight excluding hydrogens is 895 g/mol. The lowest BCUT2D eigenvalue weighted by Gasteiger charge is -2.19. The molecule has 0 amide bonds. The Balaban J connectivity index is 0.933. The molecule has 0 atom stereocenters. The molecule has 0 unspecified atom stereocenters. The van der Waals surface area contributed by atoms with Crippen LogP contribution in [0.5, 0.6) is 0 Å². The summed E-state index contributed by atoms with van der Waals surface area (Å²) in [6.07, 6.45) is 0. The van der Waals surface area contributed by atoms with Crippen LogP contribution in [0.1, 0.15) is 0 Å². The van der Waals surface area contributed by atoms with Crippen LogP contribution >= 0.6 is 22.7 Å². The molecule has 0 aliphatic heterocycles. The highest BCUT2D eigenvalue weighted by Crippen LogP contribution is 2.47. The van der Waals surface area contributed by atoms with E-state index in [-0.39, 0.29) is 0 Å². The standard InChI is InChI=1S/C68H41NS2/c1-3-15-43(16-4-1)65-55-21-7-8-22-56(55)66(44-17-5-2-6-18-44)60-39-45(31-38-57(60)65)42-29-34-48(35-30-42)69-61-40-46(49-23-13-25-58-53-19-9-11-27-63(53)70-67(49)58)32-36-51(61)52-37-33-47(41-62(52)69)50-24-14-26-59-54-20-10-12-28-64(54)71-68(50)59/h1-41H. The molecule has 330 valence electrons. The first-order valence-corrected chi connectivity index (χ1v) is 25.9. The third kappa shape index (κ3) is 6.30. The van der Waals surface area contributed by atoms with Crippen molar-refractivity contribution in [2.45, 2.75) is 0 Å². The lowest BCUT2D eigenvalue weighted by Crippen LogP contribution is -1.95. The Kier molecular flexibility index (Phi) is 9.07. The predicted molar refractivity (Wildman–Crippen MR) is 309 cm³/mol. The summed E-state index contributed by atoms with van der Waals surface area (Å²) in [6.45, 7) is 0. The second-order valence-corrected chi connectivity index (χ2v) is 20.8. The van der Waals surface area contributed by atoms with Gasteiger partial charge in [0, 0.05) is 56.8 Å². The monoisotopic (exact) mass is 935 g/mol. The van der Waals surface area contributed by atoms with Crippen molar-refractivity contribution in [1.82, 2.24) is 4.57 Å². The smallest absolute Gasteiger partial charge is 0.0547 e. The fourth-order valence-corrected chi connectivity index (χ4v) is 14.0. The minimum Gasteiger partial charge on any atom is -0.309 e. The number of aromatic nitrogens is 1. The zero-order valence-electron chi connectivity index (χ0n) is 38.4. The van der Waals surface area contributed by atoms with Gasteiger partial charge in [-0.1, -0.05) is 206 Å². The van der Waals surface area contributed by atoms with E-state index in [0.717, 1.165) is 5.69 Å². The predicted octanol–water partition coefficient (Wildman–Crippen LogP) is 20.2. The highest BCUT2D eigenvalue weighted by atomic mass is 32.1. The molecule has 3 aromatic heterocycles. The summed E-state index contributed by atoms with van der Waals surface area (Å²) in [4.78, 5) is 0. The summed E-state index contributed by atoms with van der Waals surface area (Å²) >= 11 is 3.78. The first-order valence-electron chi connectivity index (χ1n) is 24.3. The fourth-order valence-electron chi connectivity index (χ4n) is 11.6. The molecular formula is C68H41NS2. The quantitative estimate of drug-likeness (QED) is 0.146. The van der Waals surface area contributed by atoms with Crippen LogP contribution in [0.3, 0.4) is 0 Å². The highest BCUT2D eigenvalue weighted by Gasteiger charge is 2.20. The van der Waals surface area contributed by atoms with Crippen LogP contribution in [0, 0.1) is 0 Å². The van der Waals surface area contributed by atoms with Crippen LogP contribution in [-0.2, 0) is 0 Å². The van der Waals surface area contributed by atoms with E-state index in [2.05, 4.69) is 253 Å². The molecule has 0 fully saturated rings. The number of hydrogen-bond donors (Lipinski definition) is 0. The van der Waals surface area contributed by atoms with Gasteiger partial charge in [0.25, 0.3) is 0 Å². The van der Waals surface area contributed by atoms with Gasteiger partial charge in [0.15, 0.2) is 0 Å². The van der Waals surface area contributed by atoms with E-state index in [1.165, 1.54) is 139 Å². The zero-order chi connectivity index (χ0) is 46.6. The Morgan fingerprint density at radius 2 is 0.648 bits per heavy atom. The average Bonchev–Trinajstić information content (AvgIpc) is 4.12. The molecule has 0 aliphatic rings. The van der Waals surface area contributed by atoms with Crippen LogP contribution in [0.4, 0.5) is 0 Å². The van der Waals surface area contributed by atoms with Crippen molar-refractivity contribution in [2.24, 2.45) is 0 Å². The van der Waals surface area contributed by atoms with E-state index < -0.39 is 0 Å². The second kappa shape index (κ2) is 16.0. The molecule has 0 saturated carbocycles. The summed E-state index contributed by atoms with van der Waals surface area (Å²) in [6, 6.07) is 92.5. The van der Waals surface area contributed by atoms with Gasteiger partial charge in [-0.2, -0.15) is 0 Å². The Bertz CT molecular complexity index is 4440. The van der Waals surface area contributed by atoms with E-state index in [1.54, 1.807) is 0 Å². The van der Waals surface area contributed by atoms with Crippen LogP contribution in [-0.4, -0.2) is 4.57 Å². The third-order valence-corrected chi connectivity index (χ3v) is 17.2. The largest absolute Gasteiger partial charge is 0.309 e. The van der Waals surface area contributed by atoms with Gasteiger partial charge in [-0.25, -0.2) is 0 Å². The summed E-state index contributed by atoms with van der Waals surface area (Å²) in [5.74, 6) is 0. The molecule has 15 aromatic rings. The Morgan fingerprint density at radius 3 is 1.18 bits per heavy atom. The lowest BCUT2D eigenvalue weighted by atomic mass is 9.85. The maximum absolute atomic E-state index is 2.50. The first-order chi connectivity index (χ1) is 35.2. The Labute approximate surface area is 418 Å². The highest BCUT2D eigenvalue weighted by molar-refractivity contribution is 7.26. The molecule has 0 saturated heterocycles. The maximum Gasteiger partial charge on any atom is 0.0547 e. The Hall–Kier alpha value is -8.60. The van der Waals surface area contributed by atoms with Gasteiger partial charge < -0.3 is 4.57 Å². The summed E-state index contributed by atoms with van der Waals surface area (Å²) in [5.41, 5.74) is 15.9. The van der Waals surface area contributed by atoms with Crippen molar-refractivity contribution in [1.29, 1.82) is 0 Å². The minimum absolute atomic E-state index is 1.13. The molecule has 15 rings (SSSR count). The minimum atomic E-state index is 1.13. The van der Waals surface area contributed by atoms with Gasteiger partial charge in [-0.3, -0.25) is 0 Å². The number of hydrogen-bond acceptors (Lipinski definition) is 2. The van der Waals surface area contributed by atoms with Crippen molar-refractivity contribution < 1.29 is 0 Å². The lowest BCUT2D eigenvalue weighted by molar-refractivity contribution is 1.18. The van der Waals surface area contributed by atoms with Crippen molar-refractivity contribution in [3.8, 4) is 61.3 Å². The normalized spacial score (nSPS) is 11.9. The number of nitrogens with zero attached hydrogens (tertiary/aromatic N) is 1. The molecule has 0 bridgehead atoms.